The van der Waals surface area contributed by atoms with Gasteiger partial charge in [0.05, 0.1) is 13.2 Å². The summed E-state index contributed by atoms with van der Waals surface area (Å²) in [6.45, 7) is 4.54. The van der Waals surface area contributed by atoms with E-state index in [9.17, 15) is 4.79 Å². The molecule has 0 spiro atoms. The van der Waals surface area contributed by atoms with Crippen LogP contribution in [0.2, 0.25) is 0 Å². The van der Waals surface area contributed by atoms with E-state index in [0.717, 1.165) is 11.1 Å². The summed E-state index contributed by atoms with van der Waals surface area (Å²) < 4.78 is 5.23. The number of ether oxygens (including phenoxy) is 1. The number of hydrogen-bond acceptors (Lipinski definition) is 3. The number of carbonyl (C=O) groups is 1. The zero-order chi connectivity index (χ0) is 12.3. The molecule has 1 aromatic carbocycles. The van der Waals surface area contributed by atoms with E-state index in [-0.39, 0.29) is 24.4 Å². The van der Waals surface area contributed by atoms with Gasteiger partial charge in [0.15, 0.2) is 0 Å². The average Bonchev–Trinajstić information content (AvgIpc) is 2.39. The largest absolute Gasteiger partial charge is 0.378 e. The van der Waals surface area contributed by atoms with Gasteiger partial charge < -0.3 is 15.4 Å². The first-order chi connectivity index (χ1) is 8.18. The van der Waals surface area contributed by atoms with Crippen molar-refractivity contribution >= 4 is 18.3 Å². The van der Waals surface area contributed by atoms with E-state index in [0.29, 0.717) is 26.3 Å². The molecule has 100 valence electrons. The normalized spacial score (nSPS) is 16.9. The lowest BCUT2D eigenvalue weighted by molar-refractivity contribution is 0.0303. The topological polar surface area (TPSA) is 55.6 Å². The Hall–Kier alpha value is -1.10. The summed E-state index contributed by atoms with van der Waals surface area (Å²) in [4.78, 5) is 13.9. The molecule has 5 heteroatoms. The van der Waals surface area contributed by atoms with Crippen molar-refractivity contribution < 1.29 is 9.53 Å². The Bertz CT molecular complexity index is 386. The van der Waals surface area contributed by atoms with E-state index in [1.54, 1.807) is 0 Å². The SMILES string of the molecule is CC(N)c1ccc(C(=O)N2CCOCC2)cc1.Cl. The molecule has 1 unspecified atom stereocenters. The third kappa shape index (κ3) is 3.45. The van der Waals surface area contributed by atoms with Crippen molar-refractivity contribution in [3.8, 4) is 0 Å². The molecular weight excluding hydrogens is 252 g/mol. The molecule has 4 nitrogen and oxygen atoms in total. The van der Waals surface area contributed by atoms with Gasteiger partial charge in [0.2, 0.25) is 0 Å². The van der Waals surface area contributed by atoms with Gasteiger partial charge in [-0.2, -0.15) is 0 Å². The third-order valence-corrected chi connectivity index (χ3v) is 2.98. The smallest absolute Gasteiger partial charge is 0.254 e. The molecule has 1 amide bonds. The zero-order valence-electron chi connectivity index (χ0n) is 10.5. The van der Waals surface area contributed by atoms with Gasteiger partial charge in [0.1, 0.15) is 0 Å². The van der Waals surface area contributed by atoms with Crippen LogP contribution in [0.1, 0.15) is 28.9 Å². The maximum absolute atomic E-state index is 12.1. The fraction of sp³-hybridized carbons (Fsp3) is 0.462. The van der Waals surface area contributed by atoms with Crippen molar-refractivity contribution in [1.29, 1.82) is 0 Å². The monoisotopic (exact) mass is 270 g/mol. The van der Waals surface area contributed by atoms with E-state index in [1.165, 1.54) is 0 Å². The standard InChI is InChI=1S/C13H18N2O2.ClH/c1-10(14)11-2-4-12(5-3-11)13(16)15-6-8-17-9-7-15;/h2-5,10H,6-9,14H2,1H3;1H. The number of halogens is 1. The maximum atomic E-state index is 12.1. The van der Waals surface area contributed by atoms with Crippen molar-refractivity contribution in [2.24, 2.45) is 5.73 Å². The van der Waals surface area contributed by atoms with Crippen LogP contribution in [0, 0.1) is 0 Å². The van der Waals surface area contributed by atoms with E-state index < -0.39 is 0 Å². The molecule has 0 aromatic heterocycles. The van der Waals surface area contributed by atoms with Crippen LogP contribution in [-0.4, -0.2) is 37.1 Å². The number of benzene rings is 1. The minimum absolute atomic E-state index is 0. The molecule has 18 heavy (non-hydrogen) atoms. The van der Waals surface area contributed by atoms with Gasteiger partial charge >= 0.3 is 0 Å². The molecule has 1 fully saturated rings. The highest BCUT2D eigenvalue weighted by Crippen LogP contribution is 2.13. The molecule has 1 saturated heterocycles. The Labute approximate surface area is 114 Å². The second kappa shape index (κ2) is 6.73. The van der Waals surface area contributed by atoms with E-state index in [2.05, 4.69) is 0 Å². The van der Waals surface area contributed by atoms with E-state index in [4.69, 9.17) is 10.5 Å². The van der Waals surface area contributed by atoms with Crippen molar-refractivity contribution in [2.75, 3.05) is 26.3 Å². The van der Waals surface area contributed by atoms with Gasteiger partial charge in [-0.1, -0.05) is 12.1 Å². The van der Waals surface area contributed by atoms with Gasteiger partial charge in [-0.3, -0.25) is 4.79 Å². The summed E-state index contributed by atoms with van der Waals surface area (Å²) >= 11 is 0. The number of morpholine rings is 1. The molecule has 0 radical (unpaired) electrons. The Morgan fingerprint density at radius 1 is 1.28 bits per heavy atom. The molecule has 1 atom stereocenters. The molecule has 1 aliphatic rings. The van der Waals surface area contributed by atoms with Crippen molar-refractivity contribution in [3.63, 3.8) is 0 Å². The van der Waals surface area contributed by atoms with Crippen LogP contribution in [0.5, 0.6) is 0 Å². The second-order valence-electron chi connectivity index (χ2n) is 4.32. The summed E-state index contributed by atoms with van der Waals surface area (Å²) in [6.07, 6.45) is 0. The lowest BCUT2D eigenvalue weighted by atomic mass is 10.1. The first kappa shape index (κ1) is 15.0. The zero-order valence-corrected chi connectivity index (χ0v) is 11.3. The molecule has 1 aliphatic heterocycles. The Balaban J connectivity index is 0.00000162. The number of rotatable bonds is 2. The first-order valence-electron chi connectivity index (χ1n) is 5.91. The molecular formula is C13H19ClN2O2. The number of nitrogens with zero attached hydrogens (tertiary/aromatic N) is 1. The number of nitrogens with two attached hydrogens (primary N) is 1. The van der Waals surface area contributed by atoms with Gasteiger partial charge in [-0.15, -0.1) is 12.4 Å². The predicted molar refractivity (Wildman–Crippen MR) is 73.0 cm³/mol. The highest BCUT2D eigenvalue weighted by atomic mass is 35.5. The maximum Gasteiger partial charge on any atom is 0.254 e. The van der Waals surface area contributed by atoms with Crippen molar-refractivity contribution in [3.05, 3.63) is 35.4 Å². The summed E-state index contributed by atoms with van der Waals surface area (Å²) in [5.74, 6) is 0.0736. The predicted octanol–water partition coefficient (Wildman–Crippen LogP) is 1.60. The molecule has 0 saturated carbocycles. The molecule has 1 aromatic rings. The second-order valence-corrected chi connectivity index (χ2v) is 4.32. The van der Waals surface area contributed by atoms with Gasteiger partial charge in [0, 0.05) is 24.7 Å². The summed E-state index contributed by atoms with van der Waals surface area (Å²) in [7, 11) is 0. The summed E-state index contributed by atoms with van der Waals surface area (Å²) in [5, 5.41) is 0. The number of carbonyl (C=O) groups excluding carboxylic acids is 1. The van der Waals surface area contributed by atoms with Gasteiger partial charge in [-0.05, 0) is 24.6 Å². The van der Waals surface area contributed by atoms with Crippen LogP contribution >= 0.6 is 12.4 Å². The van der Waals surface area contributed by atoms with Crippen LogP contribution in [0.15, 0.2) is 24.3 Å². The molecule has 0 aliphatic carbocycles. The fourth-order valence-electron chi connectivity index (χ4n) is 1.88. The Morgan fingerprint density at radius 2 is 1.83 bits per heavy atom. The Morgan fingerprint density at radius 3 is 2.33 bits per heavy atom. The summed E-state index contributed by atoms with van der Waals surface area (Å²) in [6, 6.07) is 7.52. The van der Waals surface area contributed by atoms with Gasteiger partial charge in [-0.25, -0.2) is 0 Å². The number of amides is 1. The molecule has 2 N–H and O–H groups in total. The lowest BCUT2D eigenvalue weighted by Crippen LogP contribution is -2.40. The van der Waals surface area contributed by atoms with Crippen LogP contribution in [-0.2, 0) is 4.74 Å². The van der Waals surface area contributed by atoms with Crippen LogP contribution in [0.3, 0.4) is 0 Å². The average molecular weight is 271 g/mol. The Kier molecular flexibility index (Phi) is 5.59. The molecule has 0 bridgehead atoms. The number of hydrogen-bond donors (Lipinski definition) is 1. The highest BCUT2D eigenvalue weighted by Gasteiger charge is 2.18. The van der Waals surface area contributed by atoms with Crippen LogP contribution in [0.4, 0.5) is 0 Å². The van der Waals surface area contributed by atoms with Crippen LogP contribution in [0.25, 0.3) is 0 Å². The highest BCUT2D eigenvalue weighted by molar-refractivity contribution is 5.94. The quantitative estimate of drug-likeness (QED) is 0.888. The van der Waals surface area contributed by atoms with Crippen molar-refractivity contribution in [2.45, 2.75) is 13.0 Å². The minimum Gasteiger partial charge on any atom is -0.378 e. The lowest BCUT2D eigenvalue weighted by Gasteiger charge is -2.26. The third-order valence-electron chi connectivity index (χ3n) is 2.98. The van der Waals surface area contributed by atoms with E-state index in [1.807, 2.05) is 36.1 Å². The van der Waals surface area contributed by atoms with E-state index >= 15 is 0 Å². The summed E-state index contributed by atoms with van der Waals surface area (Å²) in [5.41, 5.74) is 7.53. The van der Waals surface area contributed by atoms with Crippen molar-refractivity contribution in [1.82, 2.24) is 4.90 Å². The minimum atomic E-state index is 0. The first-order valence-corrected chi connectivity index (χ1v) is 5.91. The molecule has 1 heterocycles. The van der Waals surface area contributed by atoms with Crippen LogP contribution < -0.4 is 5.73 Å². The fourth-order valence-corrected chi connectivity index (χ4v) is 1.88. The molecule has 2 rings (SSSR count). The van der Waals surface area contributed by atoms with Gasteiger partial charge in [0.25, 0.3) is 5.91 Å².